The fourth-order valence-corrected chi connectivity index (χ4v) is 2.43. The van der Waals surface area contributed by atoms with Crippen LogP contribution in [-0.2, 0) is 14.3 Å². The van der Waals surface area contributed by atoms with Crippen molar-refractivity contribution in [3.63, 3.8) is 0 Å². The molecule has 0 aliphatic heterocycles. The predicted molar refractivity (Wildman–Crippen MR) is 87.7 cm³/mol. The van der Waals surface area contributed by atoms with E-state index in [4.69, 9.17) is 21.1 Å². The minimum Gasteiger partial charge on any atom is -0.466 e. The molecule has 0 bridgehead atoms. The molecule has 0 fully saturated rings. The zero-order valence-corrected chi connectivity index (χ0v) is 13.4. The average molecular weight is 345 g/mol. The van der Waals surface area contributed by atoms with Crippen molar-refractivity contribution < 1.29 is 19.1 Å². The molecule has 0 saturated carbocycles. The quantitative estimate of drug-likeness (QED) is 0.734. The van der Waals surface area contributed by atoms with Crippen molar-refractivity contribution in [2.45, 2.75) is 6.10 Å². The minimum absolute atomic E-state index is 0.309. The van der Waals surface area contributed by atoms with Crippen LogP contribution in [0.3, 0.4) is 0 Å². The molecule has 1 unspecified atom stereocenters. The van der Waals surface area contributed by atoms with Gasteiger partial charge >= 0.3 is 11.9 Å². The standard InChI is InChI=1S/C17H13ClN2O4/c1-23-17(22)14(10-2-4-11(18)5-3-10)24-16(21)13-7-9-20-15-12(13)6-8-19-15/h2-9,14H,1H3,(H,19,20). The van der Waals surface area contributed by atoms with Gasteiger partial charge in [-0.2, -0.15) is 0 Å². The van der Waals surface area contributed by atoms with E-state index in [2.05, 4.69) is 9.97 Å². The maximum Gasteiger partial charge on any atom is 0.351 e. The van der Waals surface area contributed by atoms with Gasteiger partial charge in [0.15, 0.2) is 0 Å². The number of esters is 2. The van der Waals surface area contributed by atoms with Crippen LogP contribution in [0.2, 0.25) is 5.02 Å². The van der Waals surface area contributed by atoms with Crippen LogP contribution in [0, 0.1) is 0 Å². The number of rotatable bonds is 4. The summed E-state index contributed by atoms with van der Waals surface area (Å²) >= 11 is 5.85. The van der Waals surface area contributed by atoms with E-state index in [-0.39, 0.29) is 0 Å². The molecule has 0 aliphatic carbocycles. The largest absolute Gasteiger partial charge is 0.466 e. The highest BCUT2D eigenvalue weighted by molar-refractivity contribution is 6.30. The highest BCUT2D eigenvalue weighted by Gasteiger charge is 2.27. The van der Waals surface area contributed by atoms with Crippen LogP contribution in [0.5, 0.6) is 0 Å². The van der Waals surface area contributed by atoms with Crippen LogP contribution in [0.1, 0.15) is 22.0 Å². The molecule has 1 N–H and O–H groups in total. The number of benzene rings is 1. The molecular weight excluding hydrogens is 332 g/mol. The third kappa shape index (κ3) is 3.09. The molecule has 0 spiro atoms. The van der Waals surface area contributed by atoms with Crippen LogP contribution >= 0.6 is 11.6 Å². The van der Waals surface area contributed by atoms with E-state index in [1.165, 1.54) is 19.4 Å². The summed E-state index contributed by atoms with van der Waals surface area (Å²) in [6.07, 6.45) is 1.98. The normalized spacial score (nSPS) is 11.9. The third-order valence-corrected chi connectivity index (χ3v) is 3.74. The predicted octanol–water partition coefficient (Wildman–Crippen LogP) is 3.29. The van der Waals surface area contributed by atoms with Crippen molar-refractivity contribution in [1.29, 1.82) is 0 Å². The molecule has 6 nitrogen and oxygen atoms in total. The number of nitrogens with zero attached hydrogens (tertiary/aromatic N) is 1. The number of carbonyl (C=O) groups is 2. The Hall–Kier alpha value is -2.86. The smallest absolute Gasteiger partial charge is 0.351 e. The first-order valence-electron chi connectivity index (χ1n) is 7.06. The second-order valence-corrected chi connectivity index (χ2v) is 5.39. The van der Waals surface area contributed by atoms with Gasteiger partial charge in [-0.3, -0.25) is 0 Å². The number of nitrogens with one attached hydrogen (secondary N) is 1. The summed E-state index contributed by atoms with van der Waals surface area (Å²) in [4.78, 5) is 31.6. The Morgan fingerprint density at radius 2 is 1.92 bits per heavy atom. The number of pyridine rings is 1. The van der Waals surface area contributed by atoms with E-state index >= 15 is 0 Å². The van der Waals surface area contributed by atoms with E-state index in [1.54, 1.807) is 36.5 Å². The molecule has 0 radical (unpaired) electrons. The van der Waals surface area contributed by atoms with Gasteiger partial charge in [0.2, 0.25) is 6.10 Å². The van der Waals surface area contributed by atoms with Gasteiger partial charge in [-0.15, -0.1) is 0 Å². The van der Waals surface area contributed by atoms with Crippen LogP contribution in [0.25, 0.3) is 11.0 Å². The van der Waals surface area contributed by atoms with Gasteiger partial charge in [0, 0.05) is 28.4 Å². The summed E-state index contributed by atoms with van der Waals surface area (Å²) in [5.74, 6) is -1.32. The van der Waals surface area contributed by atoms with Gasteiger partial charge in [0.05, 0.1) is 12.7 Å². The molecule has 0 aliphatic rings. The second-order valence-electron chi connectivity index (χ2n) is 4.96. The number of fused-ring (bicyclic) bond motifs is 1. The van der Waals surface area contributed by atoms with Crippen LogP contribution in [0.4, 0.5) is 0 Å². The fraction of sp³-hybridized carbons (Fsp3) is 0.118. The molecular formula is C17H13ClN2O4. The van der Waals surface area contributed by atoms with E-state index in [1.807, 2.05) is 0 Å². The lowest BCUT2D eigenvalue weighted by atomic mass is 10.1. The van der Waals surface area contributed by atoms with E-state index in [0.717, 1.165) is 0 Å². The Morgan fingerprint density at radius 1 is 1.17 bits per heavy atom. The fourth-order valence-electron chi connectivity index (χ4n) is 2.31. The molecule has 7 heteroatoms. The zero-order valence-electron chi connectivity index (χ0n) is 12.7. The number of carbonyl (C=O) groups excluding carboxylic acids is 2. The first kappa shape index (κ1) is 16.0. The number of aromatic nitrogens is 2. The second kappa shape index (κ2) is 6.72. The summed E-state index contributed by atoms with van der Waals surface area (Å²) in [5, 5.41) is 1.12. The van der Waals surface area contributed by atoms with Gasteiger partial charge < -0.3 is 14.5 Å². The van der Waals surface area contributed by atoms with Crippen LogP contribution < -0.4 is 0 Å². The molecule has 0 saturated heterocycles. The topological polar surface area (TPSA) is 81.3 Å². The highest BCUT2D eigenvalue weighted by Crippen LogP contribution is 2.24. The molecule has 2 heterocycles. The number of hydrogen-bond acceptors (Lipinski definition) is 5. The lowest BCUT2D eigenvalue weighted by molar-refractivity contribution is -0.151. The van der Waals surface area contributed by atoms with Crippen molar-refractivity contribution >= 4 is 34.6 Å². The first-order chi connectivity index (χ1) is 11.6. The first-order valence-corrected chi connectivity index (χ1v) is 7.44. The summed E-state index contributed by atoms with van der Waals surface area (Å²) in [6.45, 7) is 0. The molecule has 1 aromatic carbocycles. The number of ether oxygens (including phenoxy) is 2. The Morgan fingerprint density at radius 3 is 2.62 bits per heavy atom. The SMILES string of the molecule is COC(=O)C(OC(=O)c1ccnc2[nH]ccc12)c1ccc(Cl)cc1. The lowest BCUT2D eigenvalue weighted by Crippen LogP contribution is -2.21. The Labute approximate surface area is 142 Å². The van der Waals surface area contributed by atoms with Gasteiger partial charge in [0.25, 0.3) is 0 Å². The molecule has 0 amide bonds. The van der Waals surface area contributed by atoms with E-state index < -0.39 is 18.0 Å². The summed E-state index contributed by atoms with van der Waals surface area (Å²) in [6, 6.07) is 9.68. The maximum absolute atomic E-state index is 12.5. The molecule has 3 rings (SSSR count). The monoisotopic (exact) mass is 344 g/mol. The van der Waals surface area contributed by atoms with Gasteiger partial charge in [0.1, 0.15) is 5.65 Å². The van der Waals surface area contributed by atoms with Crippen molar-refractivity contribution in [2.75, 3.05) is 7.11 Å². The number of halogens is 1. The van der Waals surface area contributed by atoms with E-state index in [9.17, 15) is 9.59 Å². The van der Waals surface area contributed by atoms with Gasteiger partial charge in [-0.25, -0.2) is 14.6 Å². The van der Waals surface area contributed by atoms with Crippen LogP contribution in [0.15, 0.2) is 48.8 Å². The van der Waals surface area contributed by atoms with E-state index in [0.29, 0.717) is 27.2 Å². The molecule has 24 heavy (non-hydrogen) atoms. The molecule has 1 atom stereocenters. The number of aromatic amines is 1. The molecule has 3 aromatic rings. The zero-order chi connectivity index (χ0) is 17.1. The summed E-state index contributed by atoms with van der Waals surface area (Å²) < 4.78 is 10.1. The Bertz CT molecular complexity index is 889. The van der Waals surface area contributed by atoms with Crippen molar-refractivity contribution in [3.8, 4) is 0 Å². The highest BCUT2D eigenvalue weighted by atomic mass is 35.5. The van der Waals surface area contributed by atoms with Crippen molar-refractivity contribution in [1.82, 2.24) is 9.97 Å². The average Bonchev–Trinajstić information content (AvgIpc) is 3.08. The van der Waals surface area contributed by atoms with Crippen molar-refractivity contribution in [3.05, 3.63) is 64.9 Å². The molecule has 122 valence electrons. The Balaban J connectivity index is 1.92. The Kier molecular flexibility index (Phi) is 4.48. The number of hydrogen-bond donors (Lipinski definition) is 1. The lowest BCUT2D eigenvalue weighted by Gasteiger charge is -2.16. The van der Waals surface area contributed by atoms with Gasteiger partial charge in [-0.1, -0.05) is 23.7 Å². The summed E-state index contributed by atoms with van der Waals surface area (Å²) in [7, 11) is 1.23. The number of methoxy groups -OCH3 is 1. The molecule has 2 aromatic heterocycles. The number of H-pyrrole nitrogens is 1. The summed E-state index contributed by atoms with van der Waals surface area (Å²) in [5.41, 5.74) is 1.34. The van der Waals surface area contributed by atoms with Crippen LogP contribution in [-0.4, -0.2) is 29.0 Å². The van der Waals surface area contributed by atoms with Gasteiger partial charge in [-0.05, 0) is 24.3 Å². The maximum atomic E-state index is 12.5. The third-order valence-electron chi connectivity index (χ3n) is 3.49. The minimum atomic E-state index is -1.18. The van der Waals surface area contributed by atoms with Crippen molar-refractivity contribution in [2.24, 2.45) is 0 Å².